The first-order valence-electron chi connectivity index (χ1n) is 5.78. The fourth-order valence-electron chi connectivity index (χ4n) is 2.37. The minimum absolute atomic E-state index is 0.0753. The number of hydrogen-bond acceptors (Lipinski definition) is 3. The number of fused-ring (bicyclic) bond motifs is 1. The number of H-pyrrole nitrogens is 1. The van der Waals surface area contributed by atoms with Gasteiger partial charge in [-0.05, 0) is 25.0 Å². The second-order valence-corrected chi connectivity index (χ2v) is 4.35. The molecule has 0 bridgehead atoms. The van der Waals surface area contributed by atoms with Crippen molar-refractivity contribution in [3.05, 3.63) is 28.7 Å². The zero-order chi connectivity index (χ0) is 11.8. The number of aromatic nitrogens is 2. The van der Waals surface area contributed by atoms with E-state index in [1.54, 1.807) is 22.8 Å². The minimum Gasteiger partial charge on any atom is -0.506 e. The summed E-state index contributed by atoms with van der Waals surface area (Å²) in [5.41, 5.74) is 1.03. The molecule has 2 heterocycles. The van der Waals surface area contributed by atoms with Gasteiger partial charge in [0.15, 0.2) is 0 Å². The highest BCUT2D eigenvalue weighted by Gasteiger charge is 2.19. The van der Waals surface area contributed by atoms with Crippen molar-refractivity contribution in [1.82, 2.24) is 9.55 Å². The first kappa shape index (κ1) is 10.4. The van der Waals surface area contributed by atoms with Crippen LogP contribution in [0.1, 0.15) is 12.8 Å². The number of phenolic OH excluding ortho intramolecular Hbond substituents is 1. The lowest BCUT2D eigenvalue weighted by Gasteiger charge is -2.10. The maximum Gasteiger partial charge on any atom is 0.326 e. The smallest absolute Gasteiger partial charge is 0.326 e. The molecule has 2 N–H and O–H groups in total. The van der Waals surface area contributed by atoms with E-state index in [0.29, 0.717) is 17.6 Å². The summed E-state index contributed by atoms with van der Waals surface area (Å²) in [6, 6.07) is 5.08. The van der Waals surface area contributed by atoms with Gasteiger partial charge in [0.1, 0.15) is 11.3 Å². The highest BCUT2D eigenvalue weighted by Crippen LogP contribution is 2.23. The number of hydrogen-bond donors (Lipinski definition) is 2. The second kappa shape index (κ2) is 3.92. The lowest BCUT2D eigenvalue weighted by molar-refractivity contribution is 0.0971. The summed E-state index contributed by atoms with van der Waals surface area (Å²) in [7, 11) is 0. The van der Waals surface area contributed by atoms with Crippen molar-refractivity contribution < 1.29 is 9.84 Å². The summed E-state index contributed by atoms with van der Waals surface area (Å²) < 4.78 is 7.07. The molecule has 1 aliphatic rings. The Kier molecular flexibility index (Phi) is 2.40. The third-order valence-corrected chi connectivity index (χ3v) is 3.18. The average molecular weight is 234 g/mol. The van der Waals surface area contributed by atoms with Crippen molar-refractivity contribution in [3.63, 3.8) is 0 Å². The zero-order valence-corrected chi connectivity index (χ0v) is 9.35. The molecular weight excluding hydrogens is 220 g/mol. The Balaban J connectivity index is 2.08. The molecule has 0 amide bonds. The first-order chi connectivity index (χ1) is 8.25. The molecular formula is C12H14N2O3. The lowest BCUT2D eigenvalue weighted by atomic mass is 10.2. The second-order valence-electron chi connectivity index (χ2n) is 4.35. The van der Waals surface area contributed by atoms with Crippen LogP contribution in [0.15, 0.2) is 23.0 Å². The number of nitrogens with zero attached hydrogens (tertiary/aromatic N) is 1. The molecule has 0 saturated carbocycles. The van der Waals surface area contributed by atoms with Gasteiger partial charge in [-0.15, -0.1) is 0 Å². The van der Waals surface area contributed by atoms with Gasteiger partial charge in [-0.3, -0.25) is 4.57 Å². The average Bonchev–Trinajstić information content (AvgIpc) is 2.89. The predicted molar refractivity (Wildman–Crippen MR) is 63.2 cm³/mol. The van der Waals surface area contributed by atoms with Crippen molar-refractivity contribution >= 4 is 11.0 Å². The molecule has 17 heavy (non-hydrogen) atoms. The van der Waals surface area contributed by atoms with Gasteiger partial charge in [0.05, 0.1) is 18.2 Å². The van der Waals surface area contributed by atoms with Crippen LogP contribution < -0.4 is 5.69 Å². The summed E-state index contributed by atoms with van der Waals surface area (Å²) in [5.74, 6) is 0.124. The van der Waals surface area contributed by atoms with Gasteiger partial charge in [0.2, 0.25) is 0 Å². The van der Waals surface area contributed by atoms with E-state index in [2.05, 4.69) is 4.98 Å². The van der Waals surface area contributed by atoms with Gasteiger partial charge in [0, 0.05) is 6.61 Å². The maximum atomic E-state index is 11.8. The minimum atomic E-state index is -0.197. The quantitative estimate of drug-likeness (QED) is 0.820. The zero-order valence-electron chi connectivity index (χ0n) is 9.35. The van der Waals surface area contributed by atoms with Crippen molar-refractivity contribution in [1.29, 1.82) is 0 Å². The number of nitrogens with one attached hydrogen (secondary N) is 1. The largest absolute Gasteiger partial charge is 0.506 e. The van der Waals surface area contributed by atoms with E-state index in [-0.39, 0.29) is 17.5 Å². The van der Waals surface area contributed by atoms with Gasteiger partial charge in [0.25, 0.3) is 0 Å². The molecule has 1 atom stereocenters. The lowest BCUT2D eigenvalue weighted by Crippen LogP contribution is -2.24. The van der Waals surface area contributed by atoms with Crippen LogP contribution in [0.3, 0.4) is 0 Å². The predicted octanol–water partition coefficient (Wildman–Crippen LogP) is 1.21. The molecule has 1 saturated heterocycles. The number of benzene rings is 1. The summed E-state index contributed by atoms with van der Waals surface area (Å²) in [5, 5.41) is 9.82. The van der Waals surface area contributed by atoms with E-state index in [1.807, 2.05) is 0 Å². The van der Waals surface area contributed by atoms with Gasteiger partial charge in [-0.2, -0.15) is 0 Å². The van der Waals surface area contributed by atoms with Crippen molar-refractivity contribution in [3.8, 4) is 5.75 Å². The molecule has 1 fully saturated rings. The molecule has 1 aromatic carbocycles. The normalized spacial score (nSPS) is 20.1. The number of aromatic hydroxyl groups is 1. The summed E-state index contributed by atoms with van der Waals surface area (Å²) in [6.45, 7) is 1.25. The molecule has 0 radical (unpaired) electrons. The number of rotatable bonds is 2. The van der Waals surface area contributed by atoms with Crippen molar-refractivity contribution in [2.75, 3.05) is 6.61 Å². The Hall–Kier alpha value is -1.75. The van der Waals surface area contributed by atoms with E-state index in [9.17, 15) is 9.90 Å². The molecule has 90 valence electrons. The standard InChI is InChI=1S/C12H14N2O3/c15-10-5-1-4-9-11(10)14(12(16)13-9)7-8-3-2-6-17-8/h1,4-5,8,15H,2-3,6-7H2,(H,13,16). The molecule has 1 aliphatic heterocycles. The monoisotopic (exact) mass is 234 g/mol. The van der Waals surface area contributed by atoms with Crippen LogP contribution in [-0.4, -0.2) is 27.4 Å². The van der Waals surface area contributed by atoms with Crippen molar-refractivity contribution in [2.24, 2.45) is 0 Å². The fraction of sp³-hybridized carbons (Fsp3) is 0.417. The van der Waals surface area contributed by atoms with E-state index < -0.39 is 0 Å². The van der Waals surface area contributed by atoms with Crippen LogP contribution in [0.2, 0.25) is 0 Å². The number of aromatic amines is 1. The molecule has 3 rings (SSSR count). The van der Waals surface area contributed by atoms with Gasteiger partial charge in [-0.1, -0.05) is 6.07 Å². The van der Waals surface area contributed by atoms with E-state index >= 15 is 0 Å². The van der Waals surface area contributed by atoms with E-state index in [4.69, 9.17) is 4.74 Å². The van der Waals surface area contributed by atoms with Gasteiger partial charge >= 0.3 is 5.69 Å². The van der Waals surface area contributed by atoms with Crippen molar-refractivity contribution in [2.45, 2.75) is 25.5 Å². The van der Waals surface area contributed by atoms with Crippen LogP contribution >= 0.6 is 0 Å². The van der Waals surface area contributed by atoms with Gasteiger partial charge < -0.3 is 14.8 Å². The first-order valence-corrected chi connectivity index (χ1v) is 5.78. The van der Waals surface area contributed by atoms with Gasteiger partial charge in [-0.25, -0.2) is 4.79 Å². The Morgan fingerprint density at radius 3 is 3.18 bits per heavy atom. The van der Waals surface area contributed by atoms with E-state index in [1.165, 1.54) is 0 Å². The molecule has 5 nitrogen and oxygen atoms in total. The molecule has 1 unspecified atom stereocenters. The van der Waals surface area contributed by atoms with Crippen LogP contribution in [0.25, 0.3) is 11.0 Å². The molecule has 2 aromatic rings. The Morgan fingerprint density at radius 2 is 2.41 bits per heavy atom. The topological polar surface area (TPSA) is 67.2 Å². The third kappa shape index (κ3) is 1.72. The van der Waals surface area contributed by atoms with Crippen LogP contribution in [0.5, 0.6) is 5.75 Å². The highest BCUT2D eigenvalue weighted by atomic mass is 16.5. The SMILES string of the molecule is O=c1[nH]c2cccc(O)c2n1CC1CCCO1. The Morgan fingerprint density at radius 1 is 1.53 bits per heavy atom. The molecule has 5 heteroatoms. The van der Waals surface area contributed by atoms with Crippen LogP contribution in [0.4, 0.5) is 0 Å². The van der Waals surface area contributed by atoms with Crippen LogP contribution in [-0.2, 0) is 11.3 Å². The number of phenols is 1. The third-order valence-electron chi connectivity index (χ3n) is 3.18. The fourth-order valence-corrected chi connectivity index (χ4v) is 2.37. The van der Waals surface area contributed by atoms with Crippen LogP contribution in [0, 0.1) is 0 Å². The summed E-state index contributed by atoms with van der Waals surface area (Å²) in [4.78, 5) is 14.6. The summed E-state index contributed by atoms with van der Waals surface area (Å²) in [6.07, 6.45) is 2.08. The number of imidazole rings is 1. The number of ether oxygens (including phenoxy) is 1. The summed E-state index contributed by atoms with van der Waals surface area (Å²) >= 11 is 0. The van der Waals surface area contributed by atoms with E-state index in [0.717, 1.165) is 19.4 Å². The maximum absolute atomic E-state index is 11.8. The molecule has 0 aliphatic carbocycles. The number of para-hydroxylation sites is 1. The molecule has 0 spiro atoms. The Labute approximate surface area is 97.6 Å². The molecule has 1 aromatic heterocycles. The highest BCUT2D eigenvalue weighted by molar-refractivity contribution is 5.81. The Bertz CT molecular complexity index is 593.